The van der Waals surface area contributed by atoms with Gasteiger partial charge in [-0.2, -0.15) is 0 Å². The molecule has 4 heteroatoms. The van der Waals surface area contributed by atoms with Crippen LogP contribution in [-0.2, 0) is 6.54 Å². The van der Waals surface area contributed by atoms with Gasteiger partial charge in [-0.1, -0.05) is 19.9 Å². The van der Waals surface area contributed by atoms with Crippen molar-refractivity contribution in [3.05, 3.63) is 46.4 Å². The molecule has 3 nitrogen and oxygen atoms in total. The van der Waals surface area contributed by atoms with Gasteiger partial charge in [-0.3, -0.25) is 4.98 Å². The Kier molecular flexibility index (Phi) is 4.33. The van der Waals surface area contributed by atoms with Gasteiger partial charge in [-0.15, -0.1) is 11.3 Å². The number of aromatic hydroxyl groups is 1. The van der Waals surface area contributed by atoms with Gasteiger partial charge in [0.15, 0.2) is 0 Å². The first-order chi connectivity index (χ1) is 8.66. The number of nitrogens with one attached hydrogen (secondary N) is 1. The number of hydrogen-bond donors (Lipinski definition) is 2. The summed E-state index contributed by atoms with van der Waals surface area (Å²) in [6.07, 6.45) is 1.48. The minimum absolute atomic E-state index is 0.206. The van der Waals surface area contributed by atoms with Crippen LogP contribution in [0.3, 0.4) is 0 Å². The van der Waals surface area contributed by atoms with Crippen LogP contribution in [0.1, 0.15) is 30.5 Å². The van der Waals surface area contributed by atoms with Crippen molar-refractivity contribution in [3.8, 4) is 5.75 Å². The summed E-state index contributed by atoms with van der Waals surface area (Å²) in [5, 5.41) is 14.8. The second-order valence-electron chi connectivity index (χ2n) is 4.63. The van der Waals surface area contributed by atoms with Crippen molar-refractivity contribution in [1.29, 1.82) is 0 Å². The molecular weight excluding hydrogens is 244 g/mol. The van der Waals surface area contributed by atoms with E-state index in [-0.39, 0.29) is 5.75 Å². The molecule has 2 aromatic heterocycles. The Hall–Kier alpha value is -1.39. The number of nitrogens with zero attached hydrogens (tertiary/aromatic N) is 1. The molecule has 0 aliphatic carbocycles. The summed E-state index contributed by atoms with van der Waals surface area (Å²) in [6.45, 7) is 5.13. The number of aromatic nitrogens is 1. The molecule has 0 saturated carbocycles. The van der Waals surface area contributed by atoms with E-state index in [1.165, 1.54) is 11.1 Å². The fraction of sp³-hybridized carbons (Fsp3) is 0.357. The van der Waals surface area contributed by atoms with Crippen molar-refractivity contribution in [1.82, 2.24) is 10.3 Å². The third-order valence-electron chi connectivity index (χ3n) is 2.83. The minimum Gasteiger partial charge on any atom is -0.506 e. The van der Waals surface area contributed by atoms with Gasteiger partial charge in [-0.05, 0) is 29.5 Å². The third-order valence-corrected chi connectivity index (χ3v) is 3.78. The lowest BCUT2D eigenvalue weighted by molar-refractivity contribution is 0.413. The van der Waals surface area contributed by atoms with Crippen LogP contribution < -0.4 is 5.32 Å². The first-order valence-electron chi connectivity index (χ1n) is 6.07. The minimum atomic E-state index is 0.206. The predicted molar refractivity (Wildman–Crippen MR) is 74.6 cm³/mol. The van der Waals surface area contributed by atoms with E-state index >= 15 is 0 Å². The molecule has 1 unspecified atom stereocenters. The lowest BCUT2D eigenvalue weighted by Gasteiger charge is -2.21. The summed E-state index contributed by atoms with van der Waals surface area (Å²) in [5.74, 6) is 0.734. The molecule has 0 amide bonds. The fourth-order valence-electron chi connectivity index (χ4n) is 1.87. The highest BCUT2D eigenvalue weighted by molar-refractivity contribution is 7.10. The molecule has 1 atom stereocenters. The quantitative estimate of drug-likeness (QED) is 0.868. The molecule has 0 aliphatic heterocycles. The molecule has 2 N–H and O–H groups in total. The Labute approximate surface area is 112 Å². The molecule has 0 radical (unpaired) electrons. The van der Waals surface area contributed by atoms with Gasteiger partial charge in [-0.25, -0.2) is 0 Å². The maximum absolute atomic E-state index is 9.19. The molecule has 0 bridgehead atoms. The first kappa shape index (κ1) is 13.1. The van der Waals surface area contributed by atoms with Crippen molar-refractivity contribution >= 4 is 11.3 Å². The zero-order chi connectivity index (χ0) is 13.0. The largest absolute Gasteiger partial charge is 0.506 e. The lowest BCUT2D eigenvalue weighted by atomic mass is 10.0. The van der Waals surface area contributed by atoms with Gasteiger partial charge in [0.1, 0.15) is 5.75 Å². The number of hydrogen-bond acceptors (Lipinski definition) is 4. The van der Waals surface area contributed by atoms with E-state index in [0.717, 1.165) is 5.69 Å². The summed E-state index contributed by atoms with van der Waals surface area (Å²) in [6, 6.07) is 8.09. The standard InChI is InChI=1S/C14H18N2OS/c1-10(2)14(13-4-3-7-18-13)16-8-11-5-6-12(17)9-15-11/h3-7,9-10,14,16-17H,8H2,1-2H3. The number of thiophene rings is 1. The van der Waals surface area contributed by atoms with E-state index < -0.39 is 0 Å². The highest BCUT2D eigenvalue weighted by atomic mass is 32.1. The lowest BCUT2D eigenvalue weighted by Crippen LogP contribution is -2.24. The molecule has 2 rings (SSSR count). The van der Waals surface area contributed by atoms with Crippen LogP contribution in [0.15, 0.2) is 35.8 Å². The van der Waals surface area contributed by atoms with Gasteiger partial charge in [0.25, 0.3) is 0 Å². The highest BCUT2D eigenvalue weighted by Gasteiger charge is 2.16. The van der Waals surface area contributed by atoms with Gasteiger partial charge in [0.05, 0.1) is 11.9 Å². The summed E-state index contributed by atoms with van der Waals surface area (Å²) in [5.41, 5.74) is 0.940. The topological polar surface area (TPSA) is 45.1 Å². The molecular formula is C14H18N2OS. The van der Waals surface area contributed by atoms with Crippen LogP contribution in [0.25, 0.3) is 0 Å². The van der Waals surface area contributed by atoms with Crippen molar-refractivity contribution in [2.45, 2.75) is 26.4 Å². The monoisotopic (exact) mass is 262 g/mol. The Balaban J connectivity index is 2.00. The zero-order valence-corrected chi connectivity index (χ0v) is 11.4. The molecule has 2 heterocycles. The van der Waals surface area contributed by atoms with E-state index in [1.54, 1.807) is 17.4 Å². The van der Waals surface area contributed by atoms with Gasteiger partial charge >= 0.3 is 0 Å². The van der Waals surface area contributed by atoms with Crippen LogP contribution in [0.4, 0.5) is 0 Å². The van der Waals surface area contributed by atoms with E-state index in [9.17, 15) is 5.11 Å². The van der Waals surface area contributed by atoms with Crippen molar-refractivity contribution in [2.24, 2.45) is 5.92 Å². The molecule has 0 spiro atoms. The van der Waals surface area contributed by atoms with Gasteiger partial charge in [0.2, 0.25) is 0 Å². The van der Waals surface area contributed by atoms with Crippen LogP contribution in [-0.4, -0.2) is 10.1 Å². The number of pyridine rings is 1. The number of rotatable bonds is 5. The van der Waals surface area contributed by atoms with Crippen LogP contribution in [0.5, 0.6) is 5.75 Å². The van der Waals surface area contributed by atoms with Crippen LogP contribution in [0, 0.1) is 5.92 Å². The first-order valence-corrected chi connectivity index (χ1v) is 6.95. The molecule has 0 aliphatic rings. The molecule has 96 valence electrons. The highest BCUT2D eigenvalue weighted by Crippen LogP contribution is 2.26. The van der Waals surface area contributed by atoms with Crippen molar-refractivity contribution < 1.29 is 5.11 Å². The average Bonchev–Trinajstić information content (AvgIpc) is 2.85. The smallest absolute Gasteiger partial charge is 0.133 e. The van der Waals surface area contributed by atoms with E-state index in [4.69, 9.17) is 0 Å². The van der Waals surface area contributed by atoms with Gasteiger partial charge in [0, 0.05) is 17.5 Å². The Morgan fingerprint density at radius 2 is 2.17 bits per heavy atom. The molecule has 2 aromatic rings. The van der Waals surface area contributed by atoms with E-state index in [2.05, 4.69) is 41.7 Å². The third kappa shape index (κ3) is 3.31. The molecule has 18 heavy (non-hydrogen) atoms. The second kappa shape index (κ2) is 5.98. The summed E-state index contributed by atoms with van der Waals surface area (Å²) >= 11 is 1.77. The summed E-state index contributed by atoms with van der Waals surface area (Å²) in [4.78, 5) is 5.53. The zero-order valence-electron chi connectivity index (χ0n) is 10.6. The maximum Gasteiger partial charge on any atom is 0.133 e. The van der Waals surface area contributed by atoms with E-state index in [0.29, 0.717) is 18.5 Å². The average molecular weight is 262 g/mol. The van der Waals surface area contributed by atoms with Gasteiger partial charge < -0.3 is 10.4 Å². The van der Waals surface area contributed by atoms with E-state index in [1.807, 2.05) is 6.07 Å². The molecule has 0 aromatic carbocycles. The fourth-order valence-corrected chi connectivity index (χ4v) is 2.84. The Morgan fingerprint density at radius 1 is 1.33 bits per heavy atom. The second-order valence-corrected chi connectivity index (χ2v) is 5.61. The predicted octanol–water partition coefficient (Wildman–Crippen LogP) is 3.34. The summed E-state index contributed by atoms with van der Waals surface area (Å²) in [7, 11) is 0. The normalized spacial score (nSPS) is 12.8. The Morgan fingerprint density at radius 3 is 2.72 bits per heavy atom. The maximum atomic E-state index is 9.19. The summed E-state index contributed by atoms with van der Waals surface area (Å²) < 4.78 is 0. The SMILES string of the molecule is CC(C)C(NCc1ccc(O)cn1)c1cccs1. The molecule has 0 fully saturated rings. The van der Waals surface area contributed by atoms with Crippen molar-refractivity contribution in [3.63, 3.8) is 0 Å². The molecule has 0 saturated heterocycles. The van der Waals surface area contributed by atoms with Crippen molar-refractivity contribution in [2.75, 3.05) is 0 Å². The van der Waals surface area contributed by atoms with Crippen LogP contribution >= 0.6 is 11.3 Å². The van der Waals surface area contributed by atoms with Crippen LogP contribution in [0.2, 0.25) is 0 Å². The Bertz CT molecular complexity index is 465.